The van der Waals surface area contributed by atoms with Gasteiger partial charge in [0.1, 0.15) is 6.04 Å². The van der Waals surface area contributed by atoms with Crippen LogP contribution in [0.3, 0.4) is 0 Å². The summed E-state index contributed by atoms with van der Waals surface area (Å²) in [6.45, 7) is 0. The Morgan fingerprint density at radius 2 is 1.88 bits per heavy atom. The van der Waals surface area contributed by atoms with E-state index in [1.807, 2.05) is 0 Å². The number of amides is 1. The van der Waals surface area contributed by atoms with Gasteiger partial charge in [-0.1, -0.05) is 29.8 Å². The quantitative estimate of drug-likeness (QED) is 0.847. The molecule has 122 valence electrons. The lowest BCUT2D eigenvalue weighted by molar-refractivity contribution is -0.142. The lowest BCUT2D eigenvalue weighted by Crippen LogP contribution is -2.43. The van der Waals surface area contributed by atoms with Crippen LogP contribution in [0.5, 0.6) is 0 Å². The summed E-state index contributed by atoms with van der Waals surface area (Å²) in [5, 5.41) is 12.3. The van der Waals surface area contributed by atoms with Crippen molar-refractivity contribution >= 4 is 23.5 Å². The third-order valence-corrected chi connectivity index (χ3v) is 3.71. The smallest absolute Gasteiger partial charge is 0.328 e. The zero-order valence-electron chi connectivity index (χ0n) is 13.0. The van der Waals surface area contributed by atoms with Crippen LogP contribution in [0.2, 0.25) is 5.02 Å². The van der Waals surface area contributed by atoms with E-state index in [0.29, 0.717) is 21.7 Å². The van der Waals surface area contributed by atoms with Crippen molar-refractivity contribution in [2.75, 3.05) is 7.11 Å². The number of esters is 1. The summed E-state index contributed by atoms with van der Waals surface area (Å²) in [5.74, 6) is -0.999. The van der Waals surface area contributed by atoms with Gasteiger partial charge >= 0.3 is 5.97 Å². The van der Waals surface area contributed by atoms with Crippen LogP contribution in [0.15, 0.2) is 48.5 Å². The zero-order chi connectivity index (χ0) is 17.5. The van der Waals surface area contributed by atoms with Crippen LogP contribution in [0.1, 0.15) is 21.5 Å². The Hall–Kier alpha value is -2.84. The number of methoxy groups -OCH3 is 1. The summed E-state index contributed by atoms with van der Waals surface area (Å²) in [6, 6.07) is 14.4. The molecule has 0 saturated carbocycles. The molecule has 2 aromatic carbocycles. The van der Waals surface area contributed by atoms with Gasteiger partial charge < -0.3 is 10.1 Å². The number of carbonyl (C=O) groups is 2. The number of carbonyl (C=O) groups excluding carboxylic acids is 2. The molecule has 0 radical (unpaired) electrons. The van der Waals surface area contributed by atoms with Crippen molar-refractivity contribution in [1.29, 1.82) is 5.26 Å². The van der Waals surface area contributed by atoms with Gasteiger partial charge in [0.15, 0.2) is 0 Å². The third-order valence-electron chi connectivity index (χ3n) is 3.46. The van der Waals surface area contributed by atoms with Gasteiger partial charge in [0.2, 0.25) is 0 Å². The van der Waals surface area contributed by atoms with Gasteiger partial charge in [-0.05, 0) is 35.9 Å². The maximum absolute atomic E-state index is 12.3. The largest absolute Gasteiger partial charge is 0.467 e. The number of ether oxygens (including phenoxy) is 1. The van der Waals surface area contributed by atoms with Gasteiger partial charge in [-0.25, -0.2) is 4.79 Å². The molecule has 0 aliphatic rings. The molecule has 24 heavy (non-hydrogen) atoms. The molecule has 0 fully saturated rings. The molecule has 0 spiro atoms. The highest BCUT2D eigenvalue weighted by Crippen LogP contribution is 2.13. The van der Waals surface area contributed by atoms with Crippen LogP contribution in [0.4, 0.5) is 0 Å². The molecule has 1 N–H and O–H groups in total. The molecule has 0 saturated heterocycles. The van der Waals surface area contributed by atoms with E-state index in [1.165, 1.54) is 7.11 Å². The summed E-state index contributed by atoms with van der Waals surface area (Å²) < 4.78 is 4.76. The second kappa shape index (κ2) is 8.14. The van der Waals surface area contributed by atoms with E-state index < -0.39 is 17.9 Å². The molecule has 0 aliphatic carbocycles. The fourth-order valence-electron chi connectivity index (χ4n) is 2.21. The summed E-state index contributed by atoms with van der Waals surface area (Å²) in [4.78, 5) is 24.3. The Labute approximate surface area is 144 Å². The van der Waals surface area contributed by atoms with Crippen molar-refractivity contribution in [3.05, 3.63) is 70.2 Å². The van der Waals surface area contributed by atoms with Gasteiger partial charge in [-0.15, -0.1) is 0 Å². The maximum atomic E-state index is 12.3. The van der Waals surface area contributed by atoms with E-state index in [1.54, 1.807) is 48.5 Å². The van der Waals surface area contributed by atoms with E-state index in [4.69, 9.17) is 21.6 Å². The SMILES string of the molecule is COC(=O)[C@@H](Cc1ccccc1C#N)NC(=O)c1ccc(Cl)cc1. The highest BCUT2D eigenvalue weighted by molar-refractivity contribution is 6.30. The molecule has 0 bridgehead atoms. The molecule has 2 aromatic rings. The van der Waals surface area contributed by atoms with Crippen LogP contribution >= 0.6 is 11.6 Å². The van der Waals surface area contributed by atoms with E-state index >= 15 is 0 Å². The average molecular weight is 343 g/mol. The van der Waals surface area contributed by atoms with Gasteiger partial charge in [0, 0.05) is 17.0 Å². The van der Waals surface area contributed by atoms with Crippen molar-refractivity contribution in [2.24, 2.45) is 0 Å². The Kier molecular flexibility index (Phi) is 5.94. The van der Waals surface area contributed by atoms with E-state index in [9.17, 15) is 9.59 Å². The first-order valence-electron chi connectivity index (χ1n) is 7.17. The molecular formula is C18H15ClN2O3. The number of hydrogen-bond acceptors (Lipinski definition) is 4. The molecule has 1 atom stereocenters. The predicted molar refractivity (Wildman–Crippen MR) is 89.6 cm³/mol. The molecular weight excluding hydrogens is 328 g/mol. The molecule has 0 heterocycles. The predicted octanol–water partition coefficient (Wildman–Crippen LogP) is 2.73. The van der Waals surface area contributed by atoms with Gasteiger partial charge in [-0.3, -0.25) is 4.79 Å². The molecule has 0 unspecified atom stereocenters. The minimum Gasteiger partial charge on any atom is -0.467 e. The first-order chi connectivity index (χ1) is 11.5. The number of halogens is 1. The molecule has 5 nitrogen and oxygen atoms in total. The van der Waals surface area contributed by atoms with Crippen LogP contribution < -0.4 is 5.32 Å². The minimum absolute atomic E-state index is 0.162. The van der Waals surface area contributed by atoms with Gasteiger partial charge in [0.05, 0.1) is 18.7 Å². The summed E-state index contributed by atoms with van der Waals surface area (Å²) in [5.41, 5.74) is 1.49. The topological polar surface area (TPSA) is 79.2 Å². The minimum atomic E-state index is -0.896. The van der Waals surface area contributed by atoms with Crippen LogP contribution in [0.25, 0.3) is 0 Å². The molecule has 1 amide bonds. The standard InChI is InChI=1S/C18H15ClN2O3/c1-24-18(23)16(10-13-4-2-3-5-14(13)11-20)21-17(22)12-6-8-15(19)9-7-12/h2-9,16H,10H2,1H3,(H,21,22)/t16-/m1/s1. The van der Waals surface area contributed by atoms with Crippen LogP contribution in [0, 0.1) is 11.3 Å². The summed E-state index contributed by atoms with van der Waals surface area (Å²) in [7, 11) is 1.25. The molecule has 6 heteroatoms. The highest BCUT2D eigenvalue weighted by atomic mass is 35.5. The fraction of sp³-hybridized carbons (Fsp3) is 0.167. The lowest BCUT2D eigenvalue weighted by Gasteiger charge is -2.17. The molecule has 0 aromatic heterocycles. The van der Waals surface area contributed by atoms with Crippen LogP contribution in [-0.4, -0.2) is 25.0 Å². The molecule has 2 rings (SSSR count). The van der Waals surface area contributed by atoms with E-state index in [0.717, 1.165) is 0 Å². The number of benzene rings is 2. The third kappa shape index (κ3) is 4.34. The van der Waals surface area contributed by atoms with Crippen molar-refractivity contribution in [3.8, 4) is 6.07 Å². The van der Waals surface area contributed by atoms with Crippen LogP contribution in [-0.2, 0) is 16.0 Å². The average Bonchev–Trinajstić information content (AvgIpc) is 2.61. The van der Waals surface area contributed by atoms with Gasteiger partial charge in [0.25, 0.3) is 5.91 Å². The monoisotopic (exact) mass is 342 g/mol. The molecule has 0 aliphatic heterocycles. The second-order valence-electron chi connectivity index (χ2n) is 5.03. The normalized spacial score (nSPS) is 11.2. The number of nitrogens with one attached hydrogen (secondary N) is 1. The Balaban J connectivity index is 2.20. The Morgan fingerprint density at radius 3 is 2.50 bits per heavy atom. The first kappa shape index (κ1) is 17.5. The number of rotatable bonds is 5. The lowest BCUT2D eigenvalue weighted by atomic mass is 10.0. The Bertz CT molecular complexity index is 782. The summed E-state index contributed by atoms with van der Waals surface area (Å²) >= 11 is 5.80. The second-order valence-corrected chi connectivity index (χ2v) is 5.47. The maximum Gasteiger partial charge on any atom is 0.328 e. The van der Waals surface area contributed by atoms with Crippen molar-refractivity contribution in [1.82, 2.24) is 5.32 Å². The van der Waals surface area contributed by atoms with E-state index in [-0.39, 0.29) is 6.42 Å². The van der Waals surface area contributed by atoms with Crippen molar-refractivity contribution in [2.45, 2.75) is 12.5 Å². The number of nitriles is 1. The first-order valence-corrected chi connectivity index (χ1v) is 7.55. The van der Waals surface area contributed by atoms with E-state index in [2.05, 4.69) is 11.4 Å². The zero-order valence-corrected chi connectivity index (χ0v) is 13.7. The summed E-state index contributed by atoms with van der Waals surface area (Å²) in [6.07, 6.45) is 0.162. The fourth-order valence-corrected chi connectivity index (χ4v) is 2.33. The highest BCUT2D eigenvalue weighted by Gasteiger charge is 2.23. The number of hydrogen-bond donors (Lipinski definition) is 1. The van der Waals surface area contributed by atoms with Crippen molar-refractivity contribution in [3.63, 3.8) is 0 Å². The number of nitrogens with zero attached hydrogens (tertiary/aromatic N) is 1. The van der Waals surface area contributed by atoms with Gasteiger partial charge in [-0.2, -0.15) is 5.26 Å². The Morgan fingerprint density at radius 1 is 1.21 bits per heavy atom. The van der Waals surface area contributed by atoms with Crippen molar-refractivity contribution < 1.29 is 14.3 Å².